The Labute approximate surface area is 241 Å². The lowest BCUT2D eigenvalue weighted by molar-refractivity contribution is -0.123. The van der Waals surface area contributed by atoms with Crippen molar-refractivity contribution < 1.29 is 19.1 Å². The van der Waals surface area contributed by atoms with E-state index < -0.39 is 12.1 Å². The Morgan fingerprint density at radius 1 is 0.780 bits per heavy atom. The van der Waals surface area contributed by atoms with Crippen LogP contribution >= 0.6 is 0 Å². The summed E-state index contributed by atoms with van der Waals surface area (Å²) in [5, 5.41) is 8.90. The summed E-state index contributed by atoms with van der Waals surface area (Å²) in [6.45, 7) is 2.32. The number of morpholine rings is 1. The molecule has 1 saturated heterocycles. The topological polar surface area (TPSA) is 99.8 Å². The van der Waals surface area contributed by atoms with E-state index in [9.17, 15) is 14.4 Å². The van der Waals surface area contributed by atoms with Gasteiger partial charge in [0.05, 0.1) is 13.2 Å². The average Bonchev–Trinajstić information content (AvgIpc) is 3.02. The van der Waals surface area contributed by atoms with E-state index in [4.69, 9.17) is 4.74 Å². The number of ether oxygens (including phenoxy) is 1. The van der Waals surface area contributed by atoms with Crippen LogP contribution in [0, 0.1) is 0 Å². The van der Waals surface area contributed by atoms with Crippen molar-refractivity contribution in [3.05, 3.63) is 120 Å². The standard InChI is InChI=1S/C33H38N4O4/c38-31(34-25-28-14-8-3-9-15-28)19-18-29(17-16-26-10-4-1-5-11-26)35-32(39)30(24-27-12-6-2-7-13-27)36-33(40)37-20-22-41-23-21-37/h1-15,18-19,29-30H,16-17,20-25H2,(H,34,38)(H,35,39)(H,36,40)/t29?,30-/m0/s1. The zero-order chi connectivity index (χ0) is 28.7. The molecule has 0 saturated carbocycles. The third-order valence-corrected chi connectivity index (χ3v) is 6.90. The number of nitrogens with zero attached hydrogens (tertiary/aromatic N) is 1. The summed E-state index contributed by atoms with van der Waals surface area (Å²) in [4.78, 5) is 40.9. The van der Waals surface area contributed by atoms with Crippen molar-refractivity contribution in [2.75, 3.05) is 26.3 Å². The van der Waals surface area contributed by atoms with Gasteiger partial charge < -0.3 is 25.6 Å². The van der Waals surface area contributed by atoms with Crippen LogP contribution in [-0.4, -0.2) is 61.1 Å². The molecular formula is C33H38N4O4. The minimum atomic E-state index is -0.785. The molecule has 2 atom stereocenters. The van der Waals surface area contributed by atoms with Crippen LogP contribution < -0.4 is 16.0 Å². The van der Waals surface area contributed by atoms with E-state index in [0.29, 0.717) is 52.1 Å². The first-order valence-corrected chi connectivity index (χ1v) is 14.1. The van der Waals surface area contributed by atoms with Crippen molar-refractivity contribution in [2.45, 2.75) is 37.9 Å². The molecule has 4 amide bonds. The maximum Gasteiger partial charge on any atom is 0.318 e. The van der Waals surface area contributed by atoms with E-state index in [1.165, 1.54) is 6.08 Å². The van der Waals surface area contributed by atoms with Crippen LogP contribution in [0.4, 0.5) is 4.79 Å². The van der Waals surface area contributed by atoms with E-state index in [1.807, 2.05) is 91.0 Å². The number of rotatable bonds is 12. The number of benzene rings is 3. The molecule has 1 heterocycles. The Hall–Kier alpha value is -4.43. The molecule has 0 radical (unpaired) electrons. The molecule has 1 fully saturated rings. The van der Waals surface area contributed by atoms with Crippen LogP contribution in [-0.2, 0) is 33.7 Å². The van der Waals surface area contributed by atoms with Crippen molar-refractivity contribution >= 4 is 17.8 Å². The third kappa shape index (κ3) is 10.2. The fraction of sp³-hybridized carbons (Fsp3) is 0.303. The van der Waals surface area contributed by atoms with Gasteiger partial charge in [-0.05, 0) is 29.5 Å². The first-order valence-electron chi connectivity index (χ1n) is 14.1. The van der Waals surface area contributed by atoms with Crippen LogP contribution in [0.15, 0.2) is 103 Å². The third-order valence-electron chi connectivity index (χ3n) is 6.90. The van der Waals surface area contributed by atoms with Gasteiger partial charge in [0.2, 0.25) is 11.8 Å². The number of carbonyl (C=O) groups is 3. The second-order valence-corrected chi connectivity index (χ2v) is 9.99. The van der Waals surface area contributed by atoms with Gasteiger partial charge in [0.1, 0.15) is 6.04 Å². The highest BCUT2D eigenvalue weighted by Gasteiger charge is 2.26. The number of urea groups is 1. The van der Waals surface area contributed by atoms with Crippen LogP contribution in [0.5, 0.6) is 0 Å². The van der Waals surface area contributed by atoms with Crippen LogP contribution in [0.2, 0.25) is 0 Å². The Morgan fingerprint density at radius 2 is 1.37 bits per heavy atom. The lowest BCUT2D eigenvalue weighted by Crippen LogP contribution is -2.55. The number of nitrogens with one attached hydrogen (secondary N) is 3. The zero-order valence-electron chi connectivity index (χ0n) is 23.2. The number of aryl methyl sites for hydroxylation is 1. The van der Waals surface area contributed by atoms with Crippen molar-refractivity contribution in [1.82, 2.24) is 20.9 Å². The molecule has 0 aromatic heterocycles. The minimum Gasteiger partial charge on any atom is -0.378 e. The van der Waals surface area contributed by atoms with Crippen LogP contribution in [0.25, 0.3) is 0 Å². The summed E-state index contributed by atoms with van der Waals surface area (Å²) in [5.74, 6) is -0.544. The predicted octanol–water partition coefficient (Wildman–Crippen LogP) is 3.63. The fourth-order valence-corrected chi connectivity index (χ4v) is 4.58. The second kappa shape index (κ2) is 16.0. The Balaban J connectivity index is 1.44. The average molecular weight is 555 g/mol. The lowest BCUT2D eigenvalue weighted by atomic mass is 10.0. The summed E-state index contributed by atoms with van der Waals surface area (Å²) in [6, 6.07) is 27.8. The maximum atomic E-state index is 13.6. The molecule has 3 N–H and O–H groups in total. The highest BCUT2D eigenvalue weighted by atomic mass is 16.5. The molecule has 4 rings (SSSR count). The second-order valence-electron chi connectivity index (χ2n) is 9.99. The van der Waals surface area contributed by atoms with Crippen molar-refractivity contribution in [1.29, 1.82) is 0 Å². The summed E-state index contributed by atoms with van der Waals surface area (Å²) in [6.07, 6.45) is 4.84. The number of hydrogen-bond donors (Lipinski definition) is 3. The monoisotopic (exact) mass is 554 g/mol. The normalized spacial score (nSPS) is 14.7. The predicted molar refractivity (Wildman–Crippen MR) is 159 cm³/mol. The molecular weight excluding hydrogens is 516 g/mol. The molecule has 0 spiro atoms. The smallest absolute Gasteiger partial charge is 0.318 e. The van der Waals surface area contributed by atoms with E-state index in [-0.39, 0.29) is 17.8 Å². The largest absolute Gasteiger partial charge is 0.378 e. The van der Waals surface area contributed by atoms with Crippen molar-refractivity contribution in [3.63, 3.8) is 0 Å². The number of amides is 4. The molecule has 8 nitrogen and oxygen atoms in total. The van der Waals surface area contributed by atoms with E-state index in [1.54, 1.807) is 11.0 Å². The van der Waals surface area contributed by atoms with Gasteiger partial charge in [-0.3, -0.25) is 9.59 Å². The highest BCUT2D eigenvalue weighted by molar-refractivity contribution is 5.89. The number of carbonyl (C=O) groups excluding carboxylic acids is 3. The lowest BCUT2D eigenvalue weighted by Gasteiger charge is -2.29. The summed E-state index contributed by atoms with van der Waals surface area (Å²) < 4.78 is 5.36. The molecule has 41 heavy (non-hydrogen) atoms. The van der Waals surface area contributed by atoms with E-state index >= 15 is 0 Å². The van der Waals surface area contributed by atoms with Gasteiger partial charge in [0.15, 0.2) is 0 Å². The van der Waals surface area contributed by atoms with E-state index in [2.05, 4.69) is 16.0 Å². The molecule has 0 bridgehead atoms. The first kappa shape index (κ1) is 29.6. The Bertz CT molecular complexity index is 1260. The molecule has 0 aliphatic carbocycles. The molecule has 1 unspecified atom stereocenters. The fourth-order valence-electron chi connectivity index (χ4n) is 4.58. The quantitative estimate of drug-likeness (QED) is 0.298. The van der Waals surface area contributed by atoms with Crippen LogP contribution in [0.3, 0.4) is 0 Å². The highest BCUT2D eigenvalue weighted by Crippen LogP contribution is 2.09. The van der Waals surface area contributed by atoms with Gasteiger partial charge in [-0.15, -0.1) is 0 Å². The molecule has 3 aromatic carbocycles. The molecule has 1 aliphatic heterocycles. The minimum absolute atomic E-state index is 0.241. The first-order chi connectivity index (χ1) is 20.1. The van der Waals surface area contributed by atoms with Gasteiger partial charge in [0, 0.05) is 38.2 Å². The van der Waals surface area contributed by atoms with Gasteiger partial charge >= 0.3 is 6.03 Å². The van der Waals surface area contributed by atoms with E-state index in [0.717, 1.165) is 16.7 Å². The molecule has 1 aliphatic rings. The summed E-state index contributed by atoms with van der Waals surface area (Å²) >= 11 is 0. The van der Waals surface area contributed by atoms with Crippen LogP contribution in [0.1, 0.15) is 23.1 Å². The summed E-state index contributed by atoms with van der Waals surface area (Å²) in [5.41, 5.74) is 3.07. The Kier molecular flexibility index (Phi) is 11.5. The Morgan fingerprint density at radius 3 is 2.00 bits per heavy atom. The van der Waals surface area contributed by atoms with Crippen molar-refractivity contribution in [3.8, 4) is 0 Å². The van der Waals surface area contributed by atoms with Gasteiger partial charge in [-0.25, -0.2) is 4.79 Å². The van der Waals surface area contributed by atoms with Gasteiger partial charge in [-0.1, -0.05) is 97.1 Å². The molecule has 8 heteroatoms. The van der Waals surface area contributed by atoms with Gasteiger partial charge in [0.25, 0.3) is 0 Å². The number of hydrogen-bond acceptors (Lipinski definition) is 4. The SMILES string of the molecule is O=C(C=CC(CCc1ccccc1)NC(=O)[C@H](Cc1ccccc1)NC(=O)N1CCOCC1)NCc1ccccc1. The van der Waals surface area contributed by atoms with Gasteiger partial charge in [-0.2, -0.15) is 0 Å². The molecule has 3 aromatic rings. The zero-order valence-corrected chi connectivity index (χ0v) is 23.2. The molecule has 214 valence electrons. The van der Waals surface area contributed by atoms with Crippen molar-refractivity contribution in [2.24, 2.45) is 0 Å². The maximum absolute atomic E-state index is 13.6. The summed E-state index contributed by atoms with van der Waals surface area (Å²) in [7, 11) is 0.